The van der Waals surface area contributed by atoms with Crippen LogP contribution in [0.15, 0.2) is 47.6 Å². The van der Waals surface area contributed by atoms with Crippen LogP contribution < -0.4 is 11.1 Å². The summed E-state index contributed by atoms with van der Waals surface area (Å²) in [6.07, 6.45) is 2.13. The second kappa shape index (κ2) is 17.4. The maximum Gasteiger partial charge on any atom is 0.223 e. The van der Waals surface area contributed by atoms with E-state index in [-0.39, 0.29) is 23.2 Å². The number of nitrogen functional groups attached to an aromatic ring is 1. The van der Waals surface area contributed by atoms with Crippen molar-refractivity contribution in [3.8, 4) is 17.3 Å². The van der Waals surface area contributed by atoms with E-state index < -0.39 is 0 Å². The lowest BCUT2D eigenvalue weighted by Gasteiger charge is -2.39. The third-order valence-corrected chi connectivity index (χ3v) is 9.62. The fraction of sp³-hybridized carbons (Fsp3) is 0.500. The minimum Gasteiger partial charge on any atom is -0.382 e. The van der Waals surface area contributed by atoms with E-state index >= 15 is 0 Å². The maximum absolute atomic E-state index is 13.1. The Balaban J connectivity index is 1.28. The molecule has 1 fully saturated rings. The third kappa shape index (κ3) is 10.2. The van der Waals surface area contributed by atoms with Gasteiger partial charge in [0.15, 0.2) is 5.16 Å². The molecule has 0 saturated carbocycles. The van der Waals surface area contributed by atoms with Crippen LogP contribution in [0.25, 0.3) is 11.3 Å². The average molecular weight is 672 g/mol. The molecule has 3 heterocycles. The molecular formula is C36H49N9O2S. The number of aryl methyl sites for hydroxylation is 1. The number of thioether (sulfide) groups is 1. The van der Waals surface area contributed by atoms with Gasteiger partial charge in [-0.25, -0.2) is 9.97 Å². The van der Waals surface area contributed by atoms with Crippen LogP contribution in [0.1, 0.15) is 71.3 Å². The number of rotatable bonds is 14. The highest BCUT2D eigenvalue weighted by Gasteiger charge is 2.25. The molecule has 11 nitrogen and oxygen atoms in total. The first-order chi connectivity index (χ1) is 22.9. The van der Waals surface area contributed by atoms with Gasteiger partial charge in [0.1, 0.15) is 17.5 Å². The fourth-order valence-electron chi connectivity index (χ4n) is 6.08. The molecular weight excluding hydrogens is 623 g/mol. The highest BCUT2D eigenvalue weighted by molar-refractivity contribution is 7.98. The molecule has 3 aromatic rings. The first kappa shape index (κ1) is 36.8. The smallest absolute Gasteiger partial charge is 0.223 e. The molecule has 0 spiro atoms. The molecule has 1 atom stereocenters. The summed E-state index contributed by atoms with van der Waals surface area (Å²) >= 11 is 1.38. The monoisotopic (exact) mass is 671 g/mol. The average Bonchev–Trinajstić information content (AvgIpc) is 3.06. The van der Waals surface area contributed by atoms with Crippen molar-refractivity contribution in [2.24, 2.45) is 0 Å². The van der Waals surface area contributed by atoms with Gasteiger partial charge in [-0.2, -0.15) is 5.26 Å². The Hall–Kier alpha value is -4.05. The van der Waals surface area contributed by atoms with E-state index in [1.165, 1.54) is 18.7 Å². The van der Waals surface area contributed by atoms with Crippen molar-refractivity contribution in [2.75, 3.05) is 43.8 Å². The number of nitrogens with zero attached hydrogens (tertiary/aromatic N) is 7. The van der Waals surface area contributed by atoms with E-state index in [1.807, 2.05) is 23.1 Å². The quantitative estimate of drug-likeness (QED) is 0.173. The number of carbonyl (C=O) groups excluding carboxylic acids is 2. The number of nitriles is 1. The number of aromatic nitrogens is 3. The molecule has 12 heteroatoms. The molecule has 0 aliphatic carbocycles. The summed E-state index contributed by atoms with van der Waals surface area (Å²) in [5.74, 6) is 0.615. The van der Waals surface area contributed by atoms with E-state index in [4.69, 9.17) is 10.7 Å². The zero-order valence-corrected chi connectivity index (χ0v) is 29.9. The molecule has 0 bridgehead atoms. The first-order valence-electron chi connectivity index (χ1n) is 16.8. The van der Waals surface area contributed by atoms with Crippen molar-refractivity contribution in [3.63, 3.8) is 0 Å². The SMILES string of the molecule is CC(=O)Nc1ccc(-c2nc(SCc3cccc(CCC(=O)N4CCN(C(C)CCN(C(C)C)C(C)C)CC4)n3)nc(N)c2C#N)cc1. The van der Waals surface area contributed by atoms with Crippen molar-refractivity contribution in [3.05, 3.63) is 59.4 Å². The lowest BCUT2D eigenvalue weighted by atomic mass is 10.1. The van der Waals surface area contributed by atoms with Gasteiger partial charge in [0.05, 0.1) is 11.4 Å². The van der Waals surface area contributed by atoms with Crippen LogP contribution in [0.5, 0.6) is 0 Å². The van der Waals surface area contributed by atoms with E-state index in [9.17, 15) is 14.9 Å². The Morgan fingerprint density at radius 2 is 1.65 bits per heavy atom. The molecule has 1 aliphatic heterocycles. The van der Waals surface area contributed by atoms with Gasteiger partial charge in [0.25, 0.3) is 0 Å². The van der Waals surface area contributed by atoms with Crippen LogP contribution in [0.2, 0.25) is 0 Å². The molecule has 4 rings (SSSR count). The first-order valence-corrected chi connectivity index (χ1v) is 17.7. The number of nitrogens with two attached hydrogens (primary N) is 1. The molecule has 0 radical (unpaired) electrons. The number of hydrogen-bond acceptors (Lipinski definition) is 10. The lowest BCUT2D eigenvalue weighted by molar-refractivity contribution is -0.133. The van der Waals surface area contributed by atoms with E-state index in [2.05, 4.69) is 65.8 Å². The van der Waals surface area contributed by atoms with Crippen LogP contribution in [-0.4, -0.2) is 92.3 Å². The molecule has 1 aliphatic rings. The number of benzene rings is 1. The number of hydrogen-bond donors (Lipinski definition) is 2. The minimum absolute atomic E-state index is 0.107. The van der Waals surface area contributed by atoms with Crippen LogP contribution in [0.3, 0.4) is 0 Å². The zero-order valence-electron chi connectivity index (χ0n) is 29.1. The Morgan fingerprint density at radius 1 is 0.979 bits per heavy atom. The van der Waals surface area contributed by atoms with E-state index in [1.54, 1.807) is 24.3 Å². The number of carbonyl (C=O) groups is 2. The van der Waals surface area contributed by atoms with Crippen molar-refractivity contribution in [1.29, 1.82) is 5.26 Å². The van der Waals surface area contributed by atoms with E-state index in [0.717, 1.165) is 50.5 Å². The van der Waals surface area contributed by atoms with Gasteiger partial charge in [-0.3, -0.25) is 24.4 Å². The molecule has 256 valence electrons. The van der Waals surface area contributed by atoms with Crippen LogP contribution in [-0.2, 0) is 21.8 Å². The van der Waals surface area contributed by atoms with Crippen molar-refractivity contribution >= 4 is 35.1 Å². The predicted molar refractivity (Wildman–Crippen MR) is 192 cm³/mol. The maximum atomic E-state index is 13.1. The Morgan fingerprint density at radius 3 is 2.27 bits per heavy atom. The van der Waals surface area contributed by atoms with Gasteiger partial charge in [-0.15, -0.1) is 0 Å². The van der Waals surface area contributed by atoms with Crippen LogP contribution in [0.4, 0.5) is 11.5 Å². The largest absolute Gasteiger partial charge is 0.382 e. The molecule has 2 aromatic heterocycles. The standard InChI is InChI=1S/C36H49N9O2S/c1-24(2)45(25(3)4)17-16-26(5)43-18-20-44(21-19-43)33(47)15-14-29-8-7-9-31(40-29)23-48-36-41-34(32(22-37)35(38)42-36)28-10-12-30(13-11-28)39-27(6)46/h7-13,24-26H,14-21,23H2,1-6H3,(H,39,46)(H2,38,41,42). The number of amides is 2. The summed E-state index contributed by atoms with van der Waals surface area (Å²) in [7, 11) is 0. The molecule has 48 heavy (non-hydrogen) atoms. The normalized spacial score (nSPS) is 14.4. The summed E-state index contributed by atoms with van der Waals surface area (Å²) in [4.78, 5) is 45.3. The van der Waals surface area contributed by atoms with Crippen LogP contribution >= 0.6 is 11.8 Å². The molecule has 1 saturated heterocycles. The molecule has 1 aromatic carbocycles. The highest BCUT2D eigenvalue weighted by Crippen LogP contribution is 2.29. The number of nitrogens with one attached hydrogen (secondary N) is 1. The summed E-state index contributed by atoms with van der Waals surface area (Å²) in [6, 6.07) is 16.6. The highest BCUT2D eigenvalue weighted by atomic mass is 32.2. The van der Waals surface area contributed by atoms with E-state index in [0.29, 0.717) is 58.8 Å². The van der Waals surface area contributed by atoms with Crippen molar-refractivity contribution in [1.82, 2.24) is 29.7 Å². The summed E-state index contributed by atoms with van der Waals surface area (Å²) in [6.45, 7) is 17.2. The third-order valence-electron chi connectivity index (χ3n) is 8.74. The Bertz CT molecular complexity index is 1570. The van der Waals surface area contributed by atoms with Gasteiger partial charge in [-0.05, 0) is 71.7 Å². The predicted octanol–water partition coefficient (Wildman–Crippen LogP) is 5.22. The number of anilines is 2. The summed E-state index contributed by atoms with van der Waals surface area (Å²) in [5.41, 5.74) is 9.84. The second-order valence-corrected chi connectivity index (χ2v) is 13.8. The lowest BCUT2D eigenvalue weighted by Crippen LogP contribution is -2.52. The van der Waals surface area contributed by atoms with Gasteiger partial charge >= 0.3 is 0 Å². The summed E-state index contributed by atoms with van der Waals surface area (Å²) in [5, 5.41) is 12.9. The molecule has 1 unspecified atom stereocenters. The zero-order chi connectivity index (χ0) is 34.8. The second-order valence-electron chi connectivity index (χ2n) is 12.9. The Labute approximate surface area is 289 Å². The minimum atomic E-state index is -0.167. The van der Waals surface area contributed by atoms with Gasteiger partial charge < -0.3 is 16.0 Å². The van der Waals surface area contributed by atoms with Gasteiger partial charge in [0.2, 0.25) is 11.8 Å². The van der Waals surface area contributed by atoms with Crippen molar-refractivity contribution < 1.29 is 9.59 Å². The Kier molecular flexibility index (Phi) is 13.3. The van der Waals surface area contributed by atoms with Gasteiger partial charge in [-0.1, -0.05) is 30.0 Å². The van der Waals surface area contributed by atoms with Crippen LogP contribution in [0, 0.1) is 11.3 Å². The topological polar surface area (TPSA) is 144 Å². The number of pyridine rings is 1. The fourth-order valence-corrected chi connectivity index (χ4v) is 6.84. The summed E-state index contributed by atoms with van der Waals surface area (Å²) < 4.78 is 0. The number of piperazine rings is 1. The molecule has 2 amide bonds. The molecule has 3 N–H and O–H groups in total. The van der Waals surface area contributed by atoms with Crippen molar-refractivity contribution in [2.45, 2.75) is 89.8 Å². The van der Waals surface area contributed by atoms with Gasteiger partial charge in [0, 0.05) is 86.9 Å².